The molecule has 0 aliphatic carbocycles. The highest BCUT2D eigenvalue weighted by Gasteiger charge is 2.09. The number of nitrogens with zero attached hydrogens (tertiary/aromatic N) is 4. The maximum Gasteiger partial charge on any atom is 0.252 e. The van der Waals surface area contributed by atoms with Gasteiger partial charge in [0, 0.05) is 5.69 Å². The van der Waals surface area contributed by atoms with Crippen LogP contribution in [-0.2, 0) is 0 Å². The lowest BCUT2D eigenvalue weighted by Crippen LogP contribution is -2.07. The third-order valence-electron chi connectivity index (χ3n) is 2.42. The number of benzene rings is 1. The Morgan fingerprint density at radius 2 is 2.06 bits per heavy atom. The molecule has 1 aromatic carbocycles. The van der Waals surface area contributed by atoms with Gasteiger partial charge in [-0.25, -0.2) is 9.67 Å². The molecule has 5 nitrogen and oxygen atoms in total. The van der Waals surface area contributed by atoms with E-state index >= 15 is 0 Å². The molecule has 0 saturated heterocycles. The first kappa shape index (κ1) is 10.2. The third-order valence-corrected chi connectivity index (χ3v) is 2.42. The molecule has 80 valence electrons. The largest absolute Gasteiger partial charge is 0.399 e. The molecule has 0 spiro atoms. The monoisotopic (exact) mass is 213 g/mol. The molecule has 2 N–H and O–H groups in total. The molecule has 2 rings (SSSR count). The Morgan fingerprint density at radius 1 is 1.38 bits per heavy atom. The van der Waals surface area contributed by atoms with E-state index in [0.29, 0.717) is 0 Å². The van der Waals surface area contributed by atoms with E-state index in [9.17, 15) is 0 Å². The van der Waals surface area contributed by atoms with Gasteiger partial charge in [-0.05, 0) is 24.6 Å². The molecule has 0 saturated carbocycles. The van der Waals surface area contributed by atoms with Gasteiger partial charge in [-0.15, -0.1) is 5.10 Å². The van der Waals surface area contributed by atoms with Gasteiger partial charge in [0.25, 0.3) is 5.82 Å². The first-order valence-electron chi connectivity index (χ1n) is 4.87. The fraction of sp³-hybridized carbons (Fsp3) is 0.182. The molecule has 0 aliphatic rings. The minimum atomic E-state index is 0.0372. The topological polar surface area (TPSA) is 80.5 Å². The lowest BCUT2D eigenvalue weighted by molar-refractivity contribution is 0.561. The minimum absolute atomic E-state index is 0.0372. The molecule has 0 aliphatic heterocycles. The third kappa shape index (κ3) is 1.86. The van der Waals surface area contributed by atoms with Gasteiger partial charge in [0.1, 0.15) is 12.4 Å². The number of nitrogens with two attached hydrogens (primary N) is 1. The van der Waals surface area contributed by atoms with Crippen molar-refractivity contribution in [2.75, 3.05) is 5.73 Å². The van der Waals surface area contributed by atoms with Gasteiger partial charge in [-0.2, -0.15) is 5.26 Å². The highest BCUT2D eigenvalue weighted by Crippen LogP contribution is 2.17. The van der Waals surface area contributed by atoms with Crippen LogP contribution in [0.1, 0.15) is 24.4 Å². The number of hydrogen-bond donors (Lipinski definition) is 1. The number of nitrogen functional groups attached to an aromatic ring is 1. The molecule has 1 aromatic heterocycles. The zero-order valence-electron chi connectivity index (χ0n) is 8.83. The molecule has 0 fully saturated rings. The Balaban J connectivity index is 2.28. The van der Waals surface area contributed by atoms with Crippen molar-refractivity contribution in [3.05, 3.63) is 42.0 Å². The smallest absolute Gasteiger partial charge is 0.252 e. The quantitative estimate of drug-likeness (QED) is 0.763. The lowest BCUT2D eigenvalue weighted by atomic mass is 10.1. The van der Waals surface area contributed by atoms with E-state index in [4.69, 9.17) is 11.0 Å². The van der Waals surface area contributed by atoms with Gasteiger partial charge in [0.15, 0.2) is 0 Å². The Bertz CT molecular complexity index is 520. The lowest BCUT2D eigenvalue weighted by Gasteiger charge is -2.11. The zero-order chi connectivity index (χ0) is 11.5. The maximum absolute atomic E-state index is 8.63. The number of rotatable bonds is 2. The first-order chi connectivity index (χ1) is 7.70. The molecule has 1 heterocycles. The van der Waals surface area contributed by atoms with E-state index < -0.39 is 0 Å². The fourth-order valence-corrected chi connectivity index (χ4v) is 1.44. The van der Waals surface area contributed by atoms with E-state index in [1.165, 1.54) is 0 Å². The van der Waals surface area contributed by atoms with Crippen LogP contribution in [-0.4, -0.2) is 14.8 Å². The summed E-state index contributed by atoms with van der Waals surface area (Å²) in [5, 5.41) is 12.7. The van der Waals surface area contributed by atoms with Crippen LogP contribution >= 0.6 is 0 Å². The summed E-state index contributed by atoms with van der Waals surface area (Å²) in [6.45, 7) is 1.99. The van der Waals surface area contributed by atoms with Gasteiger partial charge in [0.2, 0.25) is 0 Å². The Morgan fingerprint density at radius 3 is 2.62 bits per heavy atom. The van der Waals surface area contributed by atoms with Crippen LogP contribution in [0.2, 0.25) is 0 Å². The number of nitriles is 1. The molecule has 16 heavy (non-hydrogen) atoms. The highest BCUT2D eigenvalue weighted by atomic mass is 15.3. The summed E-state index contributed by atoms with van der Waals surface area (Å²) in [5.41, 5.74) is 7.42. The van der Waals surface area contributed by atoms with Crippen molar-refractivity contribution in [2.45, 2.75) is 13.0 Å². The van der Waals surface area contributed by atoms with Gasteiger partial charge in [-0.1, -0.05) is 12.1 Å². The Labute approximate surface area is 93.1 Å². The predicted molar refractivity (Wildman–Crippen MR) is 59.4 cm³/mol. The molecule has 0 radical (unpaired) electrons. The number of anilines is 1. The molecular formula is C11H11N5. The van der Waals surface area contributed by atoms with Crippen molar-refractivity contribution in [3.8, 4) is 6.07 Å². The summed E-state index contributed by atoms with van der Waals surface area (Å²) in [6.07, 6.45) is 1.56. The van der Waals surface area contributed by atoms with Crippen LogP contribution in [0.3, 0.4) is 0 Å². The van der Waals surface area contributed by atoms with E-state index in [-0.39, 0.29) is 11.9 Å². The molecule has 0 bridgehead atoms. The van der Waals surface area contributed by atoms with Crippen molar-refractivity contribution < 1.29 is 0 Å². The minimum Gasteiger partial charge on any atom is -0.399 e. The van der Waals surface area contributed by atoms with E-state index in [1.807, 2.05) is 37.3 Å². The normalized spacial score (nSPS) is 12.0. The van der Waals surface area contributed by atoms with Crippen LogP contribution in [0.15, 0.2) is 30.6 Å². The SMILES string of the molecule is CC(c1ccc(N)cc1)n1cnc(C#N)n1. The van der Waals surface area contributed by atoms with E-state index in [0.717, 1.165) is 11.3 Å². The van der Waals surface area contributed by atoms with Crippen molar-refractivity contribution >= 4 is 5.69 Å². The summed E-state index contributed by atoms with van der Waals surface area (Å²) in [5.74, 6) is 0.183. The average molecular weight is 213 g/mol. The van der Waals surface area contributed by atoms with Crippen LogP contribution < -0.4 is 5.73 Å². The molecule has 1 atom stereocenters. The molecule has 0 amide bonds. The second kappa shape index (κ2) is 4.03. The number of aromatic nitrogens is 3. The Kier molecular flexibility index (Phi) is 2.56. The molecule has 1 unspecified atom stereocenters. The van der Waals surface area contributed by atoms with E-state index in [2.05, 4.69) is 10.1 Å². The molecule has 2 aromatic rings. The van der Waals surface area contributed by atoms with Gasteiger partial charge in [0.05, 0.1) is 6.04 Å². The van der Waals surface area contributed by atoms with Gasteiger partial charge < -0.3 is 5.73 Å². The summed E-state index contributed by atoms with van der Waals surface area (Å²) in [6, 6.07) is 9.50. The zero-order valence-corrected chi connectivity index (χ0v) is 8.83. The van der Waals surface area contributed by atoms with E-state index in [1.54, 1.807) is 11.0 Å². The Hall–Kier alpha value is -2.35. The van der Waals surface area contributed by atoms with Crippen LogP contribution in [0.4, 0.5) is 5.69 Å². The second-order valence-corrected chi connectivity index (χ2v) is 3.50. The van der Waals surface area contributed by atoms with Gasteiger partial charge in [-0.3, -0.25) is 0 Å². The van der Waals surface area contributed by atoms with Crippen molar-refractivity contribution in [1.29, 1.82) is 5.26 Å². The maximum atomic E-state index is 8.63. The van der Waals surface area contributed by atoms with Crippen molar-refractivity contribution in [2.24, 2.45) is 0 Å². The van der Waals surface area contributed by atoms with Crippen molar-refractivity contribution in [1.82, 2.24) is 14.8 Å². The second-order valence-electron chi connectivity index (χ2n) is 3.50. The standard InChI is InChI=1S/C11H11N5/c1-8(9-2-4-10(13)5-3-9)16-7-14-11(6-12)15-16/h2-5,7-8H,13H2,1H3. The average Bonchev–Trinajstić information content (AvgIpc) is 2.77. The van der Waals surface area contributed by atoms with Crippen molar-refractivity contribution in [3.63, 3.8) is 0 Å². The van der Waals surface area contributed by atoms with Crippen LogP contribution in [0.25, 0.3) is 0 Å². The van der Waals surface area contributed by atoms with Crippen LogP contribution in [0, 0.1) is 11.3 Å². The van der Waals surface area contributed by atoms with Crippen LogP contribution in [0.5, 0.6) is 0 Å². The highest BCUT2D eigenvalue weighted by molar-refractivity contribution is 5.40. The summed E-state index contributed by atoms with van der Waals surface area (Å²) in [7, 11) is 0. The summed E-state index contributed by atoms with van der Waals surface area (Å²) < 4.78 is 1.66. The predicted octanol–water partition coefficient (Wildman–Crippen LogP) is 1.34. The van der Waals surface area contributed by atoms with Gasteiger partial charge >= 0.3 is 0 Å². The molecular weight excluding hydrogens is 202 g/mol. The first-order valence-corrected chi connectivity index (χ1v) is 4.87. The fourth-order valence-electron chi connectivity index (χ4n) is 1.44. The molecule has 5 heteroatoms. The summed E-state index contributed by atoms with van der Waals surface area (Å²) >= 11 is 0. The number of hydrogen-bond acceptors (Lipinski definition) is 4. The summed E-state index contributed by atoms with van der Waals surface area (Å²) in [4.78, 5) is 3.86.